The number of aryl methyl sites for hydroxylation is 1. The van der Waals surface area contributed by atoms with Crippen molar-refractivity contribution in [2.75, 3.05) is 12.8 Å². The van der Waals surface area contributed by atoms with Crippen LogP contribution in [0.4, 0.5) is 10.3 Å². The number of fused-ring (bicyclic) bond motifs is 1. The van der Waals surface area contributed by atoms with Crippen molar-refractivity contribution >= 4 is 11.9 Å². The highest BCUT2D eigenvalue weighted by Gasteiger charge is 2.37. The molecule has 0 radical (unpaired) electrons. The fourth-order valence-electron chi connectivity index (χ4n) is 4.43. The van der Waals surface area contributed by atoms with E-state index < -0.39 is 11.9 Å². The first kappa shape index (κ1) is 22.3. The minimum Gasteiger partial charge on any atom is -0.480 e. The van der Waals surface area contributed by atoms with Gasteiger partial charge in [0.15, 0.2) is 0 Å². The van der Waals surface area contributed by atoms with Crippen molar-refractivity contribution in [3.05, 3.63) is 89.0 Å². The van der Waals surface area contributed by atoms with E-state index in [2.05, 4.69) is 24.9 Å². The molecule has 10 heteroatoms. The van der Waals surface area contributed by atoms with E-state index >= 15 is 0 Å². The third-order valence-electron chi connectivity index (χ3n) is 5.97. The van der Waals surface area contributed by atoms with Crippen LogP contribution < -0.4 is 10.5 Å². The Balaban J connectivity index is 1.68. The molecule has 0 bridgehead atoms. The number of hydrogen-bond donors (Lipinski definition) is 1. The molecule has 5 rings (SSSR count). The van der Waals surface area contributed by atoms with Gasteiger partial charge in [0.1, 0.15) is 5.82 Å². The molecule has 1 aliphatic rings. The van der Waals surface area contributed by atoms with Gasteiger partial charge in [0.2, 0.25) is 11.8 Å². The molecule has 2 N–H and O–H groups in total. The molecule has 4 aromatic rings. The molecular weight excluding hydrogens is 449 g/mol. The molecule has 35 heavy (non-hydrogen) atoms. The first-order valence-corrected chi connectivity index (χ1v) is 10.9. The molecule has 0 saturated carbocycles. The second-order valence-electron chi connectivity index (χ2n) is 8.18. The number of ether oxygens (including phenoxy) is 1. The van der Waals surface area contributed by atoms with Crippen molar-refractivity contribution in [1.82, 2.24) is 29.8 Å². The number of aromatic nitrogens is 5. The minimum absolute atomic E-state index is 0.103. The number of rotatable bonds is 5. The van der Waals surface area contributed by atoms with Crippen LogP contribution in [0, 0.1) is 12.7 Å². The van der Waals surface area contributed by atoms with Crippen molar-refractivity contribution in [2.24, 2.45) is 0 Å². The van der Waals surface area contributed by atoms with Crippen molar-refractivity contribution in [3.63, 3.8) is 0 Å². The second-order valence-corrected chi connectivity index (χ2v) is 8.18. The lowest BCUT2D eigenvalue weighted by atomic mass is 9.88. The van der Waals surface area contributed by atoms with Gasteiger partial charge >= 0.3 is 0 Å². The Bertz CT molecular complexity index is 1410. The van der Waals surface area contributed by atoms with Gasteiger partial charge < -0.3 is 15.4 Å². The van der Waals surface area contributed by atoms with Gasteiger partial charge in [-0.25, -0.2) is 19.3 Å². The maximum absolute atomic E-state index is 14.4. The molecule has 0 spiro atoms. The molecule has 9 nitrogen and oxygen atoms in total. The van der Waals surface area contributed by atoms with E-state index in [1.807, 2.05) is 12.1 Å². The van der Waals surface area contributed by atoms with E-state index in [1.54, 1.807) is 30.3 Å². The van der Waals surface area contributed by atoms with Crippen molar-refractivity contribution < 1.29 is 13.9 Å². The summed E-state index contributed by atoms with van der Waals surface area (Å²) in [5.74, 6) is -0.264. The fraction of sp³-hybridized carbons (Fsp3) is 0.200. The topological polar surface area (TPSA) is 120 Å². The van der Waals surface area contributed by atoms with Crippen molar-refractivity contribution in [1.29, 1.82) is 0 Å². The summed E-state index contributed by atoms with van der Waals surface area (Å²) >= 11 is 0. The lowest BCUT2D eigenvalue weighted by molar-refractivity contribution is 0.0624. The summed E-state index contributed by atoms with van der Waals surface area (Å²) in [5.41, 5.74) is 9.90. The van der Waals surface area contributed by atoms with Gasteiger partial charge in [-0.1, -0.05) is 12.1 Å². The summed E-state index contributed by atoms with van der Waals surface area (Å²) in [5, 5.41) is 0. The van der Waals surface area contributed by atoms with Crippen LogP contribution in [0.2, 0.25) is 0 Å². The van der Waals surface area contributed by atoms with Gasteiger partial charge in [0.25, 0.3) is 5.91 Å². The van der Waals surface area contributed by atoms with E-state index in [0.29, 0.717) is 52.6 Å². The van der Waals surface area contributed by atoms with Gasteiger partial charge in [-0.2, -0.15) is 0 Å². The van der Waals surface area contributed by atoms with Crippen molar-refractivity contribution in [3.8, 4) is 17.1 Å². The average Bonchev–Trinajstić information content (AvgIpc) is 2.86. The predicted molar refractivity (Wildman–Crippen MR) is 126 cm³/mol. The Kier molecular flexibility index (Phi) is 5.77. The van der Waals surface area contributed by atoms with Crippen LogP contribution in [0.15, 0.2) is 55.1 Å². The number of anilines is 1. The van der Waals surface area contributed by atoms with E-state index in [1.165, 1.54) is 31.6 Å². The number of nitrogens with zero attached hydrogens (tertiary/aromatic N) is 6. The number of nitrogens with two attached hydrogens (primary N) is 1. The van der Waals surface area contributed by atoms with Crippen LogP contribution in [0.5, 0.6) is 5.88 Å². The molecule has 0 saturated heterocycles. The monoisotopic (exact) mass is 471 g/mol. The largest absolute Gasteiger partial charge is 0.480 e. The number of carbonyl (C=O) groups is 1. The molecule has 1 atom stereocenters. The Hall–Kier alpha value is -4.47. The average molecular weight is 471 g/mol. The van der Waals surface area contributed by atoms with Crippen LogP contribution in [-0.2, 0) is 13.0 Å². The number of halogens is 1. The zero-order valence-corrected chi connectivity index (χ0v) is 19.1. The molecule has 0 fully saturated rings. The summed E-state index contributed by atoms with van der Waals surface area (Å²) < 4.78 is 19.7. The molecular formula is C25H22FN7O2. The zero-order valence-electron chi connectivity index (χ0n) is 19.1. The van der Waals surface area contributed by atoms with Crippen LogP contribution in [0.1, 0.15) is 38.9 Å². The quantitative estimate of drug-likeness (QED) is 0.471. The maximum atomic E-state index is 14.4. The van der Waals surface area contributed by atoms with Crippen LogP contribution in [0.3, 0.4) is 0 Å². The number of benzene rings is 1. The normalized spacial score (nSPS) is 15.1. The lowest BCUT2D eigenvalue weighted by Crippen LogP contribution is -2.41. The predicted octanol–water partition coefficient (Wildman–Crippen LogP) is 3.31. The number of nitrogen functional groups attached to an aromatic ring is 1. The molecule has 1 aromatic carbocycles. The Morgan fingerprint density at radius 1 is 1.14 bits per heavy atom. The number of carbonyl (C=O) groups excluding carboxylic acids is 1. The molecule has 176 valence electrons. The highest BCUT2D eigenvalue weighted by Crippen LogP contribution is 2.39. The van der Waals surface area contributed by atoms with E-state index in [0.717, 1.165) is 5.56 Å². The SMILES string of the molecule is COc1cncc(-c2cc(F)ccc2C2Cc3nc(N)nc(C)c3C(=O)N2Cc2cccnc2)n1. The van der Waals surface area contributed by atoms with Gasteiger partial charge in [-0.3, -0.25) is 14.8 Å². The first-order valence-electron chi connectivity index (χ1n) is 10.9. The Morgan fingerprint density at radius 3 is 2.77 bits per heavy atom. The fourth-order valence-corrected chi connectivity index (χ4v) is 4.43. The van der Waals surface area contributed by atoms with Crippen LogP contribution in [-0.4, -0.2) is 42.8 Å². The number of pyridine rings is 1. The zero-order chi connectivity index (χ0) is 24.5. The van der Waals surface area contributed by atoms with E-state index in [9.17, 15) is 9.18 Å². The molecule has 1 unspecified atom stereocenters. The Morgan fingerprint density at radius 2 is 2.00 bits per heavy atom. The molecule has 1 aliphatic heterocycles. The van der Waals surface area contributed by atoms with Gasteiger partial charge in [0, 0.05) is 30.9 Å². The second kappa shape index (κ2) is 9.05. The standard InChI is InChI=1S/C25H22FN7O2/c1-14-23-19(32-25(27)30-14)9-21(33(24(23)34)13-15-4-3-7-28-10-15)17-6-5-16(26)8-18(17)20-11-29-12-22(31-20)35-2/h3-8,10-12,21H,9,13H2,1-2H3,(H2,27,30,32). The van der Waals surface area contributed by atoms with Crippen LogP contribution >= 0.6 is 0 Å². The first-order chi connectivity index (χ1) is 16.9. The third kappa shape index (κ3) is 4.25. The molecule has 1 amide bonds. The third-order valence-corrected chi connectivity index (χ3v) is 5.97. The van der Waals surface area contributed by atoms with Gasteiger partial charge in [-0.15, -0.1) is 0 Å². The summed E-state index contributed by atoms with van der Waals surface area (Å²) in [6.45, 7) is 2.04. The van der Waals surface area contributed by atoms with Crippen molar-refractivity contribution in [2.45, 2.75) is 25.9 Å². The van der Waals surface area contributed by atoms with Crippen LogP contribution in [0.25, 0.3) is 11.3 Å². The summed E-state index contributed by atoms with van der Waals surface area (Å²) in [7, 11) is 1.49. The minimum atomic E-state index is -0.479. The maximum Gasteiger partial charge on any atom is 0.258 e. The van der Waals surface area contributed by atoms with E-state index in [4.69, 9.17) is 10.5 Å². The van der Waals surface area contributed by atoms with Gasteiger partial charge in [0.05, 0.1) is 48.2 Å². The number of methoxy groups -OCH3 is 1. The van der Waals surface area contributed by atoms with E-state index in [-0.39, 0.29) is 11.9 Å². The highest BCUT2D eigenvalue weighted by molar-refractivity contribution is 5.98. The highest BCUT2D eigenvalue weighted by atomic mass is 19.1. The van der Waals surface area contributed by atoms with Gasteiger partial charge in [-0.05, 0) is 36.2 Å². The Labute approximate surface area is 200 Å². The smallest absolute Gasteiger partial charge is 0.258 e. The molecule has 4 heterocycles. The lowest BCUT2D eigenvalue weighted by Gasteiger charge is -2.37. The summed E-state index contributed by atoms with van der Waals surface area (Å²) in [4.78, 5) is 36.9. The summed E-state index contributed by atoms with van der Waals surface area (Å²) in [6.07, 6.45) is 6.76. The summed E-state index contributed by atoms with van der Waals surface area (Å²) in [6, 6.07) is 7.67. The molecule has 0 aliphatic carbocycles. The molecule has 3 aromatic heterocycles. The number of amides is 1. The number of hydrogen-bond acceptors (Lipinski definition) is 8.